The predicted molar refractivity (Wildman–Crippen MR) is 92.9 cm³/mol. The summed E-state index contributed by atoms with van der Waals surface area (Å²) in [5.74, 6) is 1.03. The molecule has 0 aliphatic heterocycles. The number of aromatic nitrogens is 1. The first kappa shape index (κ1) is 18.3. The summed E-state index contributed by atoms with van der Waals surface area (Å²) in [6, 6.07) is 6.75. The molecule has 0 aliphatic carbocycles. The third-order valence-electron chi connectivity index (χ3n) is 3.57. The van der Waals surface area contributed by atoms with E-state index in [9.17, 15) is 0 Å². The molecule has 0 fully saturated rings. The Bertz CT molecular complexity index is 401. The molecular formula is C17H32N2OSi. The van der Waals surface area contributed by atoms with Gasteiger partial charge in [-0.15, -0.1) is 0 Å². The first-order chi connectivity index (χ1) is 9.70. The lowest BCUT2D eigenvalue weighted by Gasteiger charge is -2.32. The highest BCUT2D eigenvalue weighted by Gasteiger charge is 2.25. The molecule has 0 aromatic carbocycles. The van der Waals surface area contributed by atoms with Crippen molar-refractivity contribution in [2.24, 2.45) is 11.8 Å². The molecule has 4 heteroatoms. The molecule has 21 heavy (non-hydrogen) atoms. The van der Waals surface area contributed by atoms with Crippen LogP contribution in [-0.4, -0.2) is 26.0 Å². The molecule has 1 rings (SSSR count). The summed E-state index contributed by atoms with van der Waals surface area (Å²) < 4.78 is 6.13. The molecule has 120 valence electrons. The summed E-state index contributed by atoms with van der Waals surface area (Å²) in [5, 5.41) is 3.78. The van der Waals surface area contributed by atoms with Gasteiger partial charge < -0.3 is 9.74 Å². The van der Waals surface area contributed by atoms with E-state index in [1.54, 1.807) is 0 Å². The lowest BCUT2D eigenvalue weighted by Crippen LogP contribution is -2.44. The largest absolute Gasteiger partial charge is 0.416 e. The van der Waals surface area contributed by atoms with Crippen LogP contribution in [0.25, 0.3) is 0 Å². The molecular weight excluding hydrogens is 276 g/mol. The van der Waals surface area contributed by atoms with Gasteiger partial charge in [0, 0.05) is 18.8 Å². The van der Waals surface area contributed by atoms with Crippen LogP contribution in [-0.2, 0) is 4.43 Å². The highest BCUT2D eigenvalue weighted by Crippen LogP contribution is 2.22. The fourth-order valence-corrected chi connectivity index (χ4v) is 2.86. The fourth-order valence-electron chi connectivity index (χ4n) is 2.18. The summed E-state index contributed by atoms with van der Waals surface area (Å²) in [5.41, 5.74) is 1.12. The normalized spacial score (nSPS) is 15.5. The Kier molecular flexibility index (Phi) is 7.04. The molecule has 0 aliphatic rings. The van der Waals surface area contributed by atoms with Crippen LogP contribution in [0.4, 0.5) is 0 Å². The van der Waals surface area contributed by atoms with Crippen molar-refractivity contribution >= 4 is 8.32 Å². The SMILES string of the molecule is CC(C)[C@H](N[C@H](CO[Si](C)(C)C)C(C)C)c1ccccn1. The number of pyridine rings is 1. The van der Waals surface area contributed by atoms with Crippen molar-refractivity contribution in [1.29, 1.82) is 0 Å². The Labute approximate surface area is 131 Å². The van der Waals surface area contributed by atoms with E-state index in [4.69, 9.17) is 4.43 Å². The van der Waals surface area contributed by atoms with Gasteiger partial charge in [0.1, 0.15) is 0 Å². The Balaban J connectivity index is 2.79. The summed E-state index contributed by atoms with van der Waals surface area (Å²) >= 11 is 0. The maximum Gasteiger partial charge on any atom is 0.183 e. The standard InChI is InChI=1S/C17H32N2OSi/c1-13(2)16(12-20-21(5,6)7)19-17(14(3)4)15-10-8-9-11-18-15/h8-11,13-14,16-17,19H,12H2,1-7H3/t16-,17+/m1/s1. The maximum absolute atomic E-state index is 6.13. The fraction of sp³-hybridized carbons (Fsp3) is 0.706. The summed E-state index contributed by atoms with van der Waals surface area (Å²) in [4.78, 5) is 4.53. The van der Waals surface area contributed by atoms with Crippen LogP contribution >= 0.6 is 0 Å². The van der Waals surface area contributed by atoms with Gasteiger partial charge in [0.2, 0.25) is 0 Å². The van der Waals surface area contributed by atoms with Crippen LogP contribution in [0.5, 0.6) is 0 Å². The lowest BCUT2D eigenvalue weighted by atomic mass is 9.96. The molecule has 0 amide bonds. The second-order valence-electron chi connectivity index (χ2n) is 7.42. The molecule has 3 nitrogen and oxygen atoms in total. The second-order valence-corrected chi connectivity index (χ2v) is 11.9. The third-order valence-corrected chi connectivity index (χ3v) is 4.60. The van der Waals surface area contributed by atoms with Gasteiger partial charge in [-0.05, 0) is 43.6 Å². The van der Waals surface area contributed by atoms with Gasteiger partial charge in [-0.1, -0.05) is 33.8 Å². The first-order valence-corrected chi connectivity index (χ1v) is 11.4. The van der Waals surface area contributed by atoms with Gasteiger partial charge in [0.05, 0.1) is 11.7 Å². The van der Waals surface area contributed by atoms with E-state index in [0.29, 0.717) is 17.9 Å². The Morgan fingerprint density at radius 3 is 2.19 bits per heavy atom. The second kappa shape index (κ2) is 8.06. The van der Waals surface area contributed by atoms with Crippen LogP contribution in [0.15, 0.2) is 24.4 Å². The molecule has 0 saturated carbocycles. The molecule has 1 aromatic rings. The van der Waals surface area contributed by atoms with Crippen molar-refractivity contribution in [3.05, 3.63) is 30.1 Å². The molecule has 0 bridgehead atoms. The highest BCUT2D eigenvalue weighted by molar-refractivity contribution is 6.69. The van der Waals surface area contributed by atoms with Crippen molar-refractivity contribution in [2.45, 2.75) is 59.4 Å². The minimum Gasteiger partial charge on any atom is -0.416 e. The summed E-state index contributed by atoms with van der Waals surface area (Å²) in [6.45, 7) is 16.5. The van der Waals surface area contributed by atoms with Crippen LogP contribution in [0.3, 0.4) is 0 Å². The number of nitrogens with one attached hydrogen (secondary N) is 1. The molecule has 1 heterocycles. The van der Waals surface area contributed by atoms with Crippen molar-refractivity contribution in [3.63, 3.8) is 0 Å². The molecule has 1 N–H and O–H groups in total. The van der Waals surface area contributed by atoms with Crippen LogP contribution in [0.1, 0.15) is 39.4 Å². The molecule has 0 unspecified atom stereocenters. The number of hydrogen-bond donors (Lipinski definition) is 1. The Hall–Kier alpha value is -0.713. The Morgan fingerprint density at radius 1 is 1.10 bits per heavy atom. The van der Waals surface area contributed by atoms with Gasteiger partial charge in [0.25, 0.3) is 0 Å². The molecule has 2 atom stereocenters. The van der Waals surface area contributed by atoms with Crippen LogP contribution in [0, 0.1) is 11.8 Å². The molecule has 0 saturated heterocycles. The molecule has 0 radical (unpaired) electrons. The highest BCUT2D eigenvalue weighted by atomic mass is 28.4. The van der Waals surface area contributed by atoms with E-state index < -0.39 is 8.32 Å². The van der Waals surface area contributed by atoms with E-state index in [1.807, 2.05) is 12.3 Å². The van der Waals surface area contributed by atoms with Gasteiger partial charge in [-0.25, -0.2) is 0 Å². The van der Waals surface area contributed by atoms with E-state index >= 15 is 0 Å². The zero-order valence-electron chi connectivity index (χ0n) is 14.7. The van der Waals surface area contributed by atoms with Gasteiger partial charge in [-0.2, -0.15) is 0 Å². The molecule has 0 spiro atoms. The van der Waals surface area contributed by atoms with Gasteiger partial charge in [0.15, 0.2) is 8.32 Å². The van der Waals surface area contributed by atoms with E-state index in [-0.39, 0.29) is 6.04 Å². The first-order valence-electron chi connectivity index (χ1n) is 8.01. The zero-order valence-corrected chi connectivity index (χ0v) is 15.7. The van der Waals surface area contributed by atoms with Crippen molar-refractivity contribution in [2.75, 3.05) is 6.61 Å². The monoisotopic (exact) mass is 308 g/mol. The van der Waals surface area contributed by atoms with Crippen LogP contribution < -0.4 is 5.32 Å². The lowest BCUT2D eigenvalue weighted by molar-refractivity contribution is 0.199. The quantitative estimate of drug-likeness (QED) is 0.729. The van der Waals surface area contributed by atoms with Gasteiger partial charge in [-0.3, -0.25) is 4.98 Å². The van der Waals surface area contributed by atoms with Crippen molar-refractivity contribution in [3.8, 4) is 0 Å². The van der Waals surface area contributed by atoms with E-state index in [1.165, 1.54) is 0 Å². The zero-order chi connectivity index (χ0) is 16.0. The number of nitrogens with zero attached hydrogens (tertiary/aromatic N) is 1. The topological polar surface area (TPSA) is 34.1 Å². The van der Waals surface area contributed by atoms with Gasteiger partial charge >= 0.3 is 0 Å². The van der Waals surface area contributed by atoms with Crippen LogP contribution in [0.2, 0.25) is 19.6 Å². The average Bonchev–Trinajstić information content (AvgIpc) is 2.37. The maximum atomic E-state index is 6.13. The minimum absolute atomic E-state index is 0.267. The predicted octanol–water partition coefficient (Wildman–Crippen LogP) is 4.24. The third kappa shape index (κ3) is 6.72. The van der Waals surface area contributed by atoms with Crippen molar-refractivity contribution < 1.29 is 4.43 Å². The average molecular weight is 309 g/mol. The molecule has 1 aromatic heterocycles. The minimum atomic E-state index is -1.48. The summed E-state index contributed by atoms with van der Waals surface area (Å²) in [6.07, 6.45) is 1.87. The van der Waals surface area contributed by atoms with Crippen molar-refractivity contribution in [1.82, 2.24) is 10.3 Å². The van der Waals surface area contributed by atoms with E-state index in [2.05, 4.69) is 69.8 Å². The smallest absolute Gasteiger partial charge is 0.183 e. The number of hydrogen-bond acceptors (Lipinski definition) is 3. The Morgan fingerprint density at radius 2 is 1.76 bits per heavy atom. The number of rotatable bonds is 8. The summed E-state index contributed by atoms with van der Waals surface area (Å²) in [7, 11) is -1.48. The van der Waals surface area contributed by atoms with E-state index in [0.717, 1.165) is 12.3 Å².